The Hall–Kier alpha value is -2.63. The van der Waals surface area contributed by atoms with Gasteiger partial charge in [0.15, 0.2) is 0 Å². The van der Waals surface area contributed by atoms with Crippen molar-refractivity contribution in [1.82, 2.24) is 0 Å². The van der Waals surface area contributed by atoms with Crippen LogP contribution in [0.3, 0.4) is 0 Å². The van der Waals surface area contributed by atoms with E-state index in [4.69, 9.17) is 0 Å². The maximum Gasteiger partial charge on any atom is 0.307 e. The van der Waals surface area contributed by atoms with E-state index < -0.39 is 17.8 Å². The second-order valence-electron chi connectivity index (χ2n) is 5.79. The van der Waals surface area contributed by atoms with Crippen molar-refractivity contribution in [2.75, 3.05) is 10.6 Å². The van der Waals surface area contributed by atoms with Crippen molar-refractivity contribution in [3.05, 3.63) is 35.9 Å². The van der Waals surface area contributed by atoms with Gasteiger partial charge in [-0.15, -0.1) is 0 Å². The Labute approximate surface area is 134 Å². The zero-order valence-corrected chi connectivity index (χ0v) is 13.1. The first-order valence-electron chi connectivity index (χ1n) is 7.44. The van der Waals surface area contributed by atoms with E-state index in [0.717, 1.165) is 5.57 Å². The Kier molecular flexibility index (Phi) is 5.16. The third kappa shape index (κ3) is 4.42. The van der Waals surface area contributed by atoms with Crippen molar-refractivity contribution in [2.45, 2.75) is 26.7 Å². The van der Waals surface area contributed by atoms with Crippen LogP contribution in [-0.2, 0) is 14.4 Å². The van der Waals surface area contributed by atoms with Crippen molar-refractivity contribution in [3.63, 3.8) is 0 Å². The number of rotatable bonds is 4. The lowest BCUT2D eigenvalue weighted by atomic mass is 9.79. The topological polar surface area (TPSA) is 95.5 Å². The molecule has 1 aromatic rings. The molecule has 0 aromatic heterocycles. The summed E-state index contributed by atoms with van der Waals surface area (Å²) in [5, 5.41) is 14.7. The van der Waals surface area contributed by atoms with E-state index in [2.05, 4.69) is 10.6 Å². The van der Waals surface area contributed by atoms with Gasteiger partial charge in [0, 0.05) is 18.3 Å². The zero-order chi connectivity index (χ0) is 17.0. The highest BCUT2D eigenvalue weighted by molar-refractivity contribution is 5.96. The summed E-state index contributed by atoms with van der Waals surface area (Å²) in [6, 6.07) is 6.69. The molecule has 6 heteroatoms. The van der Waals surface area contributed by atoms with Crippen LogP contribution >= 0.6 is 0 Å². The summed E-state index contributed by atoms with van der Waals surface area (Å²) in [5.74, 6) is -2.69. The van der Waals surface area contributed by atoms with Gasteiger partial charge < -0.3 is 15.7 Å². The fourth-order valence-corrected chi connectivity index (χ4v) is 2.69. The molecule has 1 aliphatic rings. The van der Waals surface area contributed by atoms with E-state index in [1.54, 1.807) is 24.3 Å². The molecule has 0 fully saturated rings. The first-order chi connectivity index (χ1) is 10.9. The number of benzene rings is 1. The van der Waals surface area contributed by atoms with Crippen molar-refractivity contribution in [2.24, 2.45) is 11.8 Å². The molecule has 2 amide bonds. The quantitative estimate of drug-likeness (QED) is 0.744. The SMILES string of the molecule is CC(=O)Nc1ccc(NC(=O)C2CC=C(C)CC2C(=O)O)cc1. The van der Waals surface area contributed by atoms with Crippen LogP contribution in [0.5, 0.6) is 0 Å². The molecule has 2 atom stereocenters. The van der Waals surface area contributed by atoms with Crippen molar-refractivity contribution in [1.29, 1.82) is 0 Å². The Balaban J connectivity index is 2.05. The number of hydrogen-bond donors (Lipinski definition) is 3. The molecular formula is C17H20N2O4. The van der Waals surface area contributed by atoms with Gasteiger partial charge >= 0.3 is 5.97 Å². The van der Waals surface area contributed by atoms with Gasteiger partial charge in [-0.25, -0.2) is 0 Å². The largest absolute Gasteiger partial charge is 0.481 e. The van der Waals surface area contributed by atoms with Gasteiger partial charge in [0.2, 0.25) is 11.8 Å². The third-order valence-electron chi connectivity index (χ3n) is 3.87. The van der Waals surface area contributed by atoms with E-state index >= 15 is 0 Å². The summed E-state index contributed by atoms with van der Waals surface area (Å²) in [6.45, 7) is 3.30. The molecule has 1 aliphatic carbocycles. The lowest BCUT2D eigenvalue weighted by Gasteiger charge is -2.26. The minimum absolute atomic E-state index is 0.171. The van der Waals surface area contributed by atoms with Gasteiger partial charge in [-0.3, -0.25) is 14.4 Å². The van der Waals surface area contributed by atoms with Crippen molar-refractivity contribution in [3.8, 4) is 0 Å². The Morgan fingerprint density at radius 2 is 1.61 bits per heavy atom. The fraction of sp³-hybridized carbons (Fsp3) is 0.353. The molecule has 122 valence electrons. The normalized spacial score (nSPS) is 20.3. The van der Waals surface area contributed by atoms with Gasteiger partial charge in [-0.1, -0.05) is 11.6 Å². The molecule has 23 heavy (non-hydrogen) atoms. The fourth-order valence-electron chi connectivity index (χ4n) is 2.69. The molecule has 1 aromatic carbocycles. The predicted octanol–water partition coefficient (Wildman–Crippen LogP) is 2.64. The molecule has 0 saturated carbocycles. The number of aliphatic carboxylic acids is 1. The third-order valence-corrected chi connectivity index (χ3v) is 3.87. The molecular weight excluding hydrogens is 296 g/mol. The summed E-state index contributed by atoms with van der Waals surface area (Å²) in [4.78, 5) is 34.7. The summed E-state index contributed by atoms with van der Waals surface area (Å²) < 4.78 is 0. The van der Waals surface area contributed by atoms with E-state index in [9.17, 15) is 19.5 Å². The number of carbonyl (C=O) groups is 3. The average Bonchev–Trinajstić information content (AvgIpc) is 2.48. The molecule has 3 N–H and O–H groups in total. The number of nitrogens with one attached hydrogen (secondary N) is 2. The summed E-state index contributed by atoms with van der Waals surface area (Å²) in [7, 11) is 0. The molecule has 0 aliphatic heterocycles. The number of hydrogen-bond acceptors (Lipinski definition) is 3. The number of carboxylic acids is 1. The van der Waals surface area contributed by atoms with Crippen molar-refractivity contribution >= 4 is 29.2 Å². The maximum atomic E-state index is 12.4. The number of carboxylic acid groups (broad SMARTS) is 1. The van der Waals surface area contributed by atoms with Crippen molar-refractivity contribution < 1.29 is 19.5 Å². The predicted molar refractivity (Wildman–Crippen MR) is 87.0 cm³/mol. The Bertz CT molecular complexity index is 649. The average molecular weight is 316 g/mol. The number of allylic oxidation sites excluding steroid dienone is 2. The first-order valence-corrected chi connectivity index (χ1v) is 7.44. The lowest BCUT2D eigenvalue weighted by Crippen LogP contribution is -2.35. The molecule has 0 spiro atoms. The van der Waals surface area contributed by atoms with Crippen LogP contribution in [0.25, 0.3) is 0 Å². The Morgan fingerprint density at radius 1 is 1.04 bits per heavy atom. The van der Waals surface area contributed by atoms with E-state index in [1.165, 1.54) is 6.92 Å². The van der Waals surface area contributed by atoms with Gasteiger partial charge in [0.05, 0.1) is 11.8 Å². The van der Waals surface area contributed by atoms with Gasteiger partial charge in [0.1, 0.15) is 0 Å². The monoisotopic (exact) mass is 316 g/mol. The van der Waals surface area contributed by atoms with Crippen LogP contribution in [0.4, 0.5) is 11.4 Å². The van der Waals surface area contributed by atoms with E-state index in [-0.39, 0.29) is 11.8 Å². The van der Waals surface area contributed by atoms with Gasteiger partial charge in [0.25, 0.3) is 0 Å². The highest BCUT2D eigenvalue weighted by Gasteiger charge is 2.35. The zero-order valence-electron chi connectivity index (χ0n) is 13.1. The van der Waals surface area contributed by atoms with Crippen LogP contribution in [0, 0.1) is 11.8 Å². The van der Waals surface area contributed by atoms with Crippen LogP contribution in [-0.4, -0.2) is 22.9 Å². The lowest BCUT2D eigenvalue weighted by molar-refractivity contribution is -0.146. The summed E-state index contributed by atoms with van der Waals surface area (Å²) in [6.07, 6.45) is 2.75. The highest BCUT2D eigenvalue weighted by atomic mass is 16.4. The van der Waals surface area contributed by atoms with Crippen LogP contribution < -0.4 is 10.6 Å². The molecule has 0 bridgehead atoms. The second-order valence-corrected chi connectivity index (χ2v) is 5.79. The minimum Gasteiger partial charge on any atom is -0.481 e. The molecule has 6 nitrogen and oxygen atoms in total. The number of amides is 2. The Morgan fingerprint density at radius 3 is 2.13 bits per heavy atom. The molecule has 2 rings (SSSR count). The van der Waals surface area contributed by atoms with E-state index in [0.29, 0.717) is 24.2 Å². The molecule has 2 unspecified atom stereocenters. The van der Waals surface area contributed by atoms with Gasteiger partial charge in [-0.2, -0.15) is 0 Å². The summed E-state index contributed by atoms with van der Waals surface area (Å²) in [5.41, 5.74) is 2.20. The molecule has 0 radical (unpaired) electrons. The van der Waals surface area contributed by atoms with Crippen LogP contribution in [0.15, 0.2) is 35.9 Å². The first kappa shape index (κ1) is 16.7. The standard InChI is InChI=1S/C17H20N2O4/c1-10-3-8-14(15(9-10)17(22)23)16(21)19-13-6-4-12(5-7-13)18-11(2)20/h3-7,14-15H,8-9H2,1-2H3,(H,18,20)(H,19,21)(H,22,23). The van der Waals surface area contributed by atoms with E-state index in [1.807, 2.05) is 13.0 Å². The van der Waals surface area contributed by atoms with Crippen LogP contribution in [0.1, 0.15) is 26.7 Å². The van der Waals surface area contributed by atoms with Crippen LogP contribution in [0.2, 0.25) is 0 Å². The molecule has 0 saturated heterocycles. The molecule has 0 heterocycles. The minimum atomic E-state index is -0.946. The maximum absolute atomic E-state index is 12.4. The highest BCUT2D eigenvalue weighted by Crippen LogP contribution is 2.31. The number of anilines is 2. The van der Waals surface area contributed by atoms with Gasteiger partial charge in [-0.05, 0) is 44.0 Å². The number of carbonyl (C=O) groups excluding carboxylic acids is 2. The second kappa shape index (κ2) is 7.09. The smallest absolute Gasteiger partial charge is 0.307 e. The summed E-state index contributed by atoms with van der Waals surface area (Å²) >= 11 is 0.